The number of pyridine rings is 1. The number of nitrogens with zero attached hydrogens (tertiary/aromatic N) is 1. The number of nitrogens with one attached hydrogen (secondary N) is 1. The van der Waals surface area contributed by atoms with Crippen LogP contribution in [0, 0.1) is 0 Å². The number of para-hydroxylation sites is 1. The summed E-state index contributed by atoms with van der Waals surface area (Å²) in [7, 11) is 0. The molecule has 2 heterocycles. The van der Waals surface area contributed by atoms with Crippen LogP contribution >= 0.6 is 0 Å². The van der Waals surface area contributed by atoms with E-state index < -0.39 is 0 Å². The lowest BCUT2D eigenvalue weighted by atomic mass is 10.2. The summed E-state index contributed by atoms with van der Waals surface area (Å²) in [5, 5.41) is 1.18. The summed E-state index contributed by atoms with van der Waals surface area (Å²) in [4.78, 5) is 5.23. The Balaban J connectivity index is 2.58. The van der Waals surface area contributed by atoms with Gasteiger partial charge in [-0.3, -0.25) is 0 Å². The Morgan fingerprint density at radius 3 is 3.08 bits per heavy atom. The van der Waals surface area contributed by atoms with Gasteiger partial charge in [0.15, 0.2) is 0 Å². The Morgan fingerprint density at radius 1 is 1.17 bits per heavy atom. The van der Waals surface area contributed by atoms with E-state index in [0.29, 0.717) is 0 Å². The van der Waals surface area contributed by atoms with Crippen molar-refractivity contribution in [1.82, 2.24) is 0 Å². The van der Waals surface area contributed by atoms with Gasteiger partial charge in [0.05, 0.1) is 5.39 Å². The maximum atomic E-state index is 5.23. The second-order valence-electron chi connectivity index (χ2n) is 2.77. The monoisotopic (exact) mass is 159 g/mol. The van der Waals surface area contributed by atoms with Crippen LogP contribution in [-0.2, 0) is 0 Å². The lowest BCUT2D eigenvalue weighted by molar-refractivity contribution is -0.637. The smallest absolute Gasteiger partial charge is 0.290 e. The van der Waals surface area contributed by atoms with Crippen molar-refractivity contribution in [2.75, 3.05) is 5.59 Å². The van der Waals surface area contributed by atoms with Crippen molar-refractivity contribution in [3.8, 4) is 5.75 Å². The van der Waals surface area contributed by atoms with Gasteiger partial charge >= 0.3 is 0 Å². The molecule has 3 nitrogen and oxygen atoms in total. The molecule has 0 bridgehead atoms. The highest BCUT2D eigenvalue weighted by Gasteiger charge is 2.21. The molecule has 1 N–H and O–H groups in total. The van der Waals surface area contributed by atoms with E-state index >= 15 is 0 Å². The fourth-order valence-corrected chi connectivity index (χ4v) is 1.50. The molecule has 0 saturated carbocycles. The van der Waals surface area contributed by atoms with Gasteiger partial charge in [-0.05, 0) is 28.5 Å². The molecule has 1 aliphatic heterocycles. The molecule has 12 heavy (non-hydrogen) atoms. The van der Waals surface area contributed by atoms with E-state index in [0.717, 1.165) is 11.3 Å². The first-order valence-corrected chi connectivity index (χ1v) is 3.81. The predicted molar refractivity (Wildman–Crippen MR) is 44.1 cm³/mol. The van der Waals surface area contributed by atoms with Gasteiger partial charge in [-0.25, -0.2) is 0 Å². The number of hydrogen-bond donors (Lipinski definition) is 1. The number of rotatable bonds is 0. The van der Waals surface area contributed by atoms with Crippen LogP contribution in [0.3, 0.4) is 0 Å². The molecule has 0 unspecified atom stereocenters. The summed E-state index contributed by atoms with van der Waals surface area (Å²) in [5.41, 5.74) is 3.89. The van der Waals surface area contributed by atoms with Crippen LogP contribution in [0.15, 0.2) is 36.5 Å². The molecule has 0 saturated heterocycles. The Labute approximate surface area is 69.1 Å². The largest absolute Gasteiger partial charge is 0.327 e. The highest BCUT2D eigenvalue weighted by atomic mass is 16.7. The van der Waals surface area contributed by atoms with Crippen LogP contribution in [0.4, 0.5) is 0 Å². The molecule has 1 aromatic heterocycles. The third kappa shape index (κ3) is 0.580. The van der Waals surface area contributed by atoms with Gasteiger partial charge in [0.1, 0.15) is 0 Å². The van der Waals surface area contributed by atoms with E-state index in [1.54, 1.807) is 0 Å². The van der Waals surface area contributed by atoms with Gasteiger partial charge in [-0.1, -0.05) is 6.07 Å². The summed E-state index contributed by atoms with van der Waals surface area (Å²) in [6, 6.07) is 10.0. The van der Waals surface area contributed by atoms with Crippen molar-refractivity contribution >= 4 is 10.9 Å². The van der Waals surface area contributed by atoms with Crippen LogP contribution in [0.1, 0.15) is 0 Å². The molecule has 0 atom stereocenters. The summed E-state index contributed by atoms with van der Waals surface area (Å²) in [6.07, 6.45) is 1.93. The molecule has 3 heteroatoms. The fraction of sp³-hybridized carbons (Fsp3) is 0. The maximum Gasteiger partial charge on any atom is 0.290 e. The predicted octanol–water partition coefficient (Wildman–Crippen LogP) is 0.978. The minimum atomic E-state index is 0.883. The lowest BCUT2D eigenvalue weighted by Gasteiger charge is -1.87. The Hall–Kier alpha value is -1.77. The third-order valence-electron chi connectivity index (χ3n) is 2.04. The first-order valence-electron chi connectivity index (χ1n) is 3.81. The first kappa shape index (κ1) is 5.83. The Morgan fingerprint density at radius 2 is 2.08 bits per heavy atom. The van der Waals surface area contributed by atoms with Crippen molar-refractivity contribution in [1.29, 1.82) is 0 Å². The Bertz CT molecular complexity index is 414. The minimum absolute atomic E-state index is 0.883. The van der Waals surface area contributed by atoms with Gasteiger partial charge in [-0.15, -0.1) is 0 Å². The van der Waals surface area contributed by atoms with E-state index in [1.165, 1.54) is 5.39 Å². The summed E-state index contributed by atoms with van der Waals surface area (Å²) < 4.78 is 1.87. The van der Waals surface area contributed by atoms with Crippen molar-refractivity contribution in [3.05, 3.63) is 36.5 Å². The van der Waals surface area contributed by atoms with Crippen LogP contribution in [0.25, 0.3) is 10.9 Å². The molecule has 0 spiro atoms. The molecule has 0 radical (unpaired) electrons. The van der Waals surface area contributed by atoms with Crippen molar-refractivity contribution < 1.29 is 9.51 Å². The van der Waals surface area contributed by atoms with E-state index in [9.17, 15) is 0 Å². The van der Waals surface area contributed by atoms with Gasteiger partial charge in [0.25, 0.3) is 5.52 Å². The molecular weight excluding hydrogens is 152 g/mol. The van der Waals surface area contributed by atoms with Gasteiger partial charge in [0, 0.05) is 6.07 Å². The quantitative estimate of drug-likeness (QED) is 0.579. The van der Waals surface area contributed by atoms with Crippen LogP contribution in [-0.4, -0.2) is 0 Å². The summed E-state index contributed by atoms with van der Waals surface area (Å²) in [5.74, 6) is 0.883. The SMILES string of the molecule is c1cc2c3c(c1)ccc[n+]3NO2. The average Bonchev–Trinajstić information content (AvgIpc) is 2.52. The molecule has 0 amide bonds. The Kier molecular flexibility index (Phi) is 0.913. The number of benzene rings is 1. The normalized spacial score (nSPS) is 12.7. The molecule has 2 aromatic rings. The van der Waals surface area contributed by atoms with Crippen LogP contribution < -0.4 is 15.1 Å². The highest BCUT2D eigenvalue weighted by Crippen LogP contribution is 2.23. The zero-order valence-electron chi connectivity index (χ0n) is 6.32. The summed E-state index contributed by atoms with van der Waals surface area (Å²) in [6.45, 7) is 0. The van der Waals surface area contributed by atoms with Crippen LogP contribution in [0.5, 0.6) is 5.75 Å². The third-order valence-corrected chi connectivity index (χ3v) is 2.04. The van der Waals surface area contributed by atoms with E-state index in [1.807, 2.05) is 29.1 Å². The van der Waals surface area contributed by atoms with Gasteiger partial charge < -0.3 is 4.84 Å². The minimum Gasteiger partial charge on any atom is -0.327 e. The van der Waals surface area contributed by atoms with Gasteiger partial charge in [-0.2, -0.15) is 0 Å². The number of hydrogen-bond acceptors (Lipinski definition) is 2. The highest BCUT2D eigenvalue weighted by molar-refractivity contribution is 5.81. The zero-order valence-corrected chi connectivity index (χ0v) is 6.32. The maximum absolute atomic E-state index is 5.23. The molecule has 1 aromatic carbocycles. The molecule has 0 aliphatic carbocycles. The van der Waals surface area contributed by atoms with E-state index in [-0.39, 0.29) is 0 Å². The second kappa shape index (κ2) is 1.88. The second-order valence-corrected chi connectivity index (χ2v) is 2.77. The van der Waals surface area contributed by atoms with Crippen molar-refractivity contribution in [2.24, 2.45) is 0 Å². The van der Waals surface area contributed by atoms with Crippen molar-refractivity contribution in [3.63, 3.8) is 0 Å². The molecular formula is C9H7N2O+. The lowest BCUT2D eigenvalue weighted by Crippen LogP contribution is -2.42. The van der Waals surface area contributed by atoms with E-state index in [2.05, 4.69) is 17.7 Å². The molecule has 58 valence electrons. The molecule has 0 fully saturated rings. The first-order chi connectivity index (χ1) is 5.95. The van der Waals surface area contributed by atoms with Crippen LogP contribution in [0.2, 0.25) is 0 Å². The molecule has 1 aliphatic rings. The fourth-order valence-electron chi connectivity index (χ4n) is 1.50. The average molecular weight is 159 g/mol. The standard InChI is InChI=1S/C9H7N2O/c1-3-7-4-2-6-11-9(7)8(5-1)12-10-11/h1-6,10H/q+1. The number of aromatic nitrogens is 1. The van der Waals surface area contributed by atoms with E-state index in [4.69, 9.17) is 4.84 Å². The topological polar surface area (TPSA) is 25.1 Å². The van der Waals surface area contributed by atoms with Gasteiger partial charge in [0.2, 0.25) is 11.9 Å². The molecule has 3 rings (SSSR count). The summed E-state index contributed by atoms with van der Waals surface area (Å²) >= 11 is 0. The zero-order chi connectivity index (χ0) is 7.97. The van der Waals surface area contributed by atoms with Crippen molar-refractivity contribution in [2.45, 2.75) is 0 Å².